The van der Waals surface area contributed by atoms with Gasteiger partial charge in [0, 0.05) is 26.2 Å². The van der Waals surface area contributed by atoms with Crippen LogP contribution >= 0.6 is 11.3 Å². The zero-order chi connectivity index (χ0) is 14.5. The Labute approximate surface area is 130 Å². The molecule has 2 saturated heterocycles. The summed E-state index contributed by atoms with van der Waals surface area (Å²) in [6, 6.07) is 4.03. The van der Waals surface area contributed by atoms with E-state index in [1.807, 2.05) is 22.4 Å². The van der Waals surface area contributed by atoms with E-state index in [1.165, 1.54) is 0 Å². The lowest BCUT2D eigenvalue weighted by Gasteiger charge is -2.34. The third-order valence-electron chi connectivity index (χ3n) is 4.12. The number of rotatable bonds is 5. The highest BCUT2D eigenvalue weighted by Crippen LogP contribution is 2.23. The third kappa shape index (κ3) is 4.03. The standard InChI is InChI=1S/C15H23N3O2S/c19-14-13-17(5-2-4-16-8-10-20-11-9-16)6-7-18(14)15-3-1-12-21-15/h1,3,12H,2,4-11,13H2. The SMILES string of the molecule is O=C1CN(CCCN2CCOCC2)CCN1c1cccs1. The van der Waals surface area contributed by atoms with Crippen LogP contribution in [0.15, 0.2) is 17.5 Å². The minimum atomic E-state index is 0.232. The Balaban J connectivity index is 1.39. The predicted molar refractivity (Wildman–Crippen MR) is 85.0 cm³/mol. The van der Waals surface area contributed by atoms with Crippen LogP contribution in [0.4, 0.5) is 5.00 Å². The van der Waals surface area contributed by atoms with Crippen LogP contribution in [0.3, 0.4) is 0 Å². The molecule has 0 atom stereocenters. The van der Waals surface area contributed by atoms with E-state index in [0.717, 1.165) is 63.9 Å². The molecular weight excluding hydrogens is 286 g/mol. The van der Waals surface area contributed by atoms with E-state index >= 15 is 0 Å². The predicted octanol–water partition coefficient (Wildman–Crippen LogP) is 1.12. The summed E-state index contributed by atoms with van der Waals surface area (Å²) in [5.74, 6) is 0.232. The van der Waals surface area contributed by atoms with Crippen LogP contribution in [0.1, 0.15) is 6.42 Å². The molecule has 0 radical (unpaired) electrons. The van der Waals surface area contributed by atoms with Crippen molar-refractivity contribution >= 4 is 22.2 Å². The van der Waals surface area contributed by atoms with Crippen molar-refractivity contribution < 1.29 is 9.53 Å². The Kier molecular flexibility index (Phi) is 5.24. The Bertz CT molecular complexity index is 446. The van der Waals surface area contributed by atoms with Crippen LogP contribution in [-0.4, -0.2) is 74.7 Å². The van der Waals surface area contributed by atoms with E-state index in [9.17, 15) is 4.79 Å². The van der Waals surface area contributed by atoms with Crippen molar-refractivity contribution in [3.63, 3.8) is 0 Å². The highest BCUT2D eigenvalue weighted by molar-refractivity contribution is 7.14. The summed E-state index contributed by atoms with van der Waals surface area (Å²) in [6.07, 6.45) is 1.13. The molecule has 2 aliphatic heterocycles. The average molecular weight is 309 g/mol. The first kappa shape index (κ1) is 15.0. The fourth-order valence-electron chi connectivity index (χ4n) is 2.91. The first-order valence-corrected chi connectivity index (χ1v) is 8.57. The molecule has 0 saturated carbocycles. The van der Waals surface area contributed by atoms with Crippen molar-refractivity contribution in [2.24, 2.45) is 0 Å². The topological polar surface area (TPSA) is 36.0 Å². The van der Waals surface area contributed by atoms with E-state index in [4.69, 9.17) is 4.74 Å². The van der Waals surface area contributed by atoms with Gasteiger partial charge in [0.1, 0.15) is 0 Å². The molecule has 3 heterocycles. The lowest BCUT2D eigenvalue weighted by molar-refractivity contribution is -0.121. The summed E-state index contributed by atoms with van der Waals surface area (Å²) < 4.78 is 5.36. The molecule has 0 unspecified atom stereocenters. The quantitative estimate of drug-likeness (QED) is 0.817. The van der Waals surface area contributed by atoms with Crippen molar-refractivity contribution in [1.29, 1.82) is 0 Å². The second-order valence-corrected chi connectivity index (χ2v) is 6.51. The number of piperazine rings is 1. The monoisotopic (exact) mass is 309 g/mol. The summed E-state index contributed by atoms with van der Waals surface area (Å²) in [7, 11) is 0. The van der Waals surface area contributed by atoms with E-state index in [0.29, 0.717) is 6.54 Å². The van der Waals surface area contributed by atoms with Gasteiger partial charge in [0.25, 0.3) is 0 Å². The number of hydrogen-bond donors (Lipinski definition) is 0. The van der Waals surface area contributed by atoms with Crippen molar-refractivity contribution in [3.05, 3.63) is 17.5 Å². The molecule has 3 rings (SSSR count). The largest absolute Gasteiger partial charge is 0.379 e. The summed E-state index contributed by atoms with van der Waals surface area (Å²) in [5, 5.41) is 3.10. The number of morpholine rings is 1. The van der Waals surface area contributed by atoms with E-state index < -0.39 is 0 Å². The van der Waals surface area contributed by atoms with Crippen LogP contribution in [0.5, 0.6) is 0 Å². The van der Waals surface area contributed by atoms with Gasteiger partial charge in [-0.1, -0.05) is 0 Å². The number of amides is 1. The van der Waals surface area contributed by atoms with Crippen molar-refractivity contribution in [1.82, 2.24) is 9.80 Å². The number of thiophene rings is 1. The molecule has 6 heteroatoms. The summed E-state index contributed by atoms with van der Waals surface area (Å²) in [5.41, 5.74) is 0. The molecule has 1 aromatic rings. The van der Waals surface area contributed by atoms with Crippen LogP contribution in [0.25, 0.3) is 0 Å². The van der Waals surface area contributed by atoms with Crippen LogP contribution in [0.2, 0.25) is 0 Å². The van der Waals surface area contributed by atoms with Crippen LogP contribution < -0.4 is 4.90 Å². The van der Waals surface area contributed by atoms with Crippen molar-refractivity contribution in [3.8, 4) is 0 Å². The highest BCUT2D eigenvalue weighted by atomic mass is 32.1. The van der Waals surface area contributed by atoms with Gasteiger partial charge in [0.05, 0.1) is 24.8 Å². The Morgan fingerprint density at radius 2 is 1.90 bits per heavy atom. The summed E-state index contributed by atoms with van der Waals surface area (Å²) >= 11 is 1.64. The maximum Gasteiger partial charge on any atom is 0.241 e. The minimum absolute atomic E-state index is 0.232. The molecular formula is C15H23N3O2S. The van der Waals surface area contributed by atoms with E-state index in [-0.39, 0.29) is 5.91 Å². The number of ether oxygens (including phenoxy) is 1. The molecule has 0 bridgehead atoms. The molecule has 1 amide bonds. The van der Waals surface area contributed by atoms with Crippen LogP contribution in [-0.2, 0) is 9.53 Å². The average Bonchev–Trinajstić information content (AvgIpc) is 3.02. The zero-order valence-corrected chi connectivity index (χ0v) is 13.2. The molecule has 2 aliphatic rings. The number of carbonyl (C=O) groups excluding carboxylic acids is 1. The molecule has 0 spiro atoms. The maximum atomic E-state index is 12.2. The second kappa shape index (κ2) is 7.35. The number of hydrogen-bond acceptors (Lipinski definition) is 5. The summed E-state index contributed by atoms with van der Waals surface area (Å²) in [6.45, 7) is 8.29. The molecule has 0 N–H and O–H groups in total. The molecule has 1 aromatic heterocycles. The van der Waals surface area contributed by atoms with Gasteiger partial charge in [-0.15, -0.1) is 11.3 Å². The number of carbonyl (C=O) groups is 1. The van der Waals surface area contributed by atoms with Gasteiger partial charge in [-0.25, -0.2) is 0 Å². The molecule has 5 nitrogen and oxygen atoms in total. The molecule has 2 fully saturated rings. The minimum Gasteiger partial charge on any atom is -0.379 e. The first-order chi connectivity index (χ1) is 10.3. The van der Waals surface area contributed by atoms with E-state index in [2.05, 4.69) is 9.80 Å². The van der Waals surface area contributed by atoms with Gasteiger partial charge in [-0.05, 0) is 37.0 Å². The maximum absolute atomic E-state index is 12.2. The van der Waals surface area contributed by atoms with Gasteiger partial charge >= 0.3 is 0 Å². The van der Waals surface area contributed by atoms with Gasteiger partial charge in [0.2, 0.25) is 5.91 Å². The van der Waals surface area contributed by atoms with Gasteiger partial charge in [-0.3, -0.25) is 14.6 Å². The second-order valence-electron chi connectivity index (χ2n) is 5.58. The Hall–Kier alpha value is -0.950. The molecule has 21 heavy (non-hydrogen) atoms. The fourth-order valence-corrected chi connectivity index (χ4v) is 3.69. The Morgan fingerprint density at radius 3 is 2.62 bits per heavy atom. The van der Waals surface area contributed by atoms with Crippen molar-refractivity contribution in [2.45, 2.75) is 6.42 Å². The fraction of sp³-hybridized carbons (Fsp3) is 0.667. The van der Waals surface area contributed by atoms with Gasteiger partial charge < -0.3 is 9.64 Å². The lowest BCUT2D eigenvalue weighted by atomic mass is 10.2. The van der Waals surface area contributed by atoms with Crippen LogP contribution in [0, 0.1) is 0 Å². The molecule has 0 aromatic carbocycles. The number of nitrogens with zero attached hydrogens (tertiary/aromatic N) is 3. The number of anilines is 1. The zero-order valence-electron chi connectivity index (χ0n) is 12.4. The van der Waals surface area contributed by atoms with Gasteiger partial charge in [0.15, 0.2) is 0 Å². The normalized spacial score (nSPS) is 21.9. The molecule has 116 valence electrons. The highest BCUT2D eigenvalue weighted by Gasteiger charge is 2.25. The molecule has 0 aliphatic carbocycles. The summed E-state index contributed by atoms with van der Waals surface area (Å²) in [4.78, 5) is 18.9. The van der Waals surface area contributed by atoms with Gasteiger partial charge in [-0.2, -0.15) is 0 Å². The third-order valence-corrected chi connectivity index (χ3v) is 5.02. The first-order valence-electron chi connectivity index (χ1n) is 7.69. The Morgan fingerprint density at radius 1 is 1.10 bits per heavy atom. The smallest absolute Gasteiger partial charge is 0.241 e. The van der Waals surface area contributed by atoms with Crippen molar-refractivity contribution in [2.75, 3.05) is 63.9 Å². The lowest BCUT2D eigenvalue weighted by Crippen LogP contribution is -2.50. The van der Waals surface area contributed by atoms with E-state index in [1.54, 1.807) is 11.3 Å².